The van der Waals surface area contributed by atoms with Crippen LogP contribution in [-0.4, -0.2) is 21.6 Å². The molecule has 0 atom stereocenters. The number of imidazole rings is 1. The van der Waals surface area contributed by atoms with Gasteiger partial charge in [-0.3, -0.25) is 4.79 Å². The van der Waals surface area contributed by atoms with E-state index in [1.807, 2.05) is 37.6 Å². The Morgan fingerprint density at radius 3 is 2.50 bits per heavy atom. The quantitative estimate of drug-likeness (QED) is 0.602. The minimum absolute atomic E-state index is 0.0415. The highest BCUT2D eigenvalue weighted by molar-refractivity contribution is 7.98. The highest BCUT2D eigenvalue weighted by Crippen LogP contribution is 2.16. The number of aromatic nitrogens is 2. The molecule has 16 heavy (non-hydrogen) atoms. The number of thioether (sulfide) groups is 1. The third-order valence-electron chi connectivity index (χ3n) is 2.38. The molecule has 1 aromatic carbocycles. The lowest BCUT2D eigenvalue weighted by Crippen LogP contribution is -2.08. The number of aryl methyl sites for hydroxylation is 1. The fourth-order valence-electron chi connectivity index (χ4n) is 1.46. The first-order valence-corrected chi connectivity index (χ1v) is 6.11. The van der Waals surface area contributed by atoms with Crippen molar-refractivity contribution in [1.82, 2.24) is 9.55 Å². The SMILES string of the molecule is CSc1ccc(C(=O)c2nccn2C)cc1. The van der Waals surface area contributed by atoms with Gasteiger partial charge in [0.2, 0.25) is 5.78 Å². The normalized spacial score (nSPS) is 10.4. The molecule has 1 heterocycles. The zero-order chi connectivity index (χ0) is 11.5. The van der Waals surface area contributed by atoms with Crippen molar-refractivity contribution in [2.45, 2.75) is 4.90 Å². The summed E-state index contributed by atoms with van der Waals surface area (Å²) < 4.78 is 1.73. The molecule has 1 aromatic heterocycles. The number of benzene rings is 1. The Bertz CT molecular complexity index is 502. The summed E-state index contributed by atoms with van der Waals surface area (Å²) in [5, 5.41) is 0. The number of nitrogens with zero attached hydrogens (tertiary/aromatic N) is 2. The van der Waals surface area contributed by atoms with Crippen molar-refractivity contribution in [2.75, 3.05) is 6.26 Å². The predicted molar refractivity (Wildman–Crippen MR) is 64.9 cm³/mol. The number of hydrogen-bond donors (Lipinski definition) is 0. The molecule has 0 amide bonds. The summed E-state index contributed by atoms with van der Waals surface area (Å²) in [6.07, 6.45) is 5.41. The zero-order valence-corrected chi connectivity index (χ0v) is 9.99. The Hall–Kier alpha value is -1.55. The lowest BCUT2D eigenvalue weighted by atomic mass is 10.1. The van der Waals surface area contributed by atoms with E-state index in [1.165, 1.54) is 0 Å². The van der Waals surface area contributed by atoms with E-state index in [0.29, 0.717) is 11.4 Å². The third kappa shape index (κ3) is 2.02. The molecule has 0 spiro atoms. The highest BCUT2D eigenvalue weighted by Gasteiger charge is 2.12. The average molecular weight is 232 g/mol. The maximum atomic E-state index is 12.0. The first-order chi connectivity index (χ1) is 7.72. The molecule has 82 valence electrons. The molecular formula is C12H12N2OS. The first kappa shape index (κ1) is 11.0. The van der Waals surface area contributed by atoms with Gasteiger partial charge in [0.05, 0.1) is 0 Å². The Morgan fingerprint density at radius 2 is 2.00 bits per heavy atom. The number of hydrogen-bond acceptors (Lipinski definition) is 3. The van der Waals surface area contributed by atoms with Crippen LogP contribution in [0.15, 0.2) is 41.6 Å². The van der Waals surface area contributed by atoms with E-state index in [-0.39, 0.29) is 5.78 Å². The first-order valence-electron chi connectivity index (χ1n) is 4.88. The Labute approximate surface area is 98.5 Å². The standard InChI is InChI=1S/C12H12N2OS/c1-14-8-7-13-12(14)11(15)9-3-5-10(16-2)6-4-9/h3-8H,1-2H3. The molecule has 0 N–H and O–H groups in total. The van der Waals surface area contributed by atoms with Gasteiger partial charge in [0, 0.05) is 29.9 Å². The molecule has 0 bridgehead atoms. The van der Waals surface area contributed by atoms with Crippen molar-refractivity contribution in [3.8, 4) is 0 Å². The number of carbonyl (C=O) groups is 1. The lowest BCUT2D eigenvalue weighted by Gasteiger charge is -2.02. The molecule has 0 aliphatic heterocycles. The summed E-state index contributed by atoms with van der Waals surface area (Å²) in [5.74, 6) is 0.428. The van der Waals surface area contributed by atoms with Crippen molar-refractivity contribution in [3.63, 3.8) is 0 Å². The van der Waals surface area contributed by atoms with Crippen LogP contribution in [-0.2, 0) is 7.05 Å². The van der Waals surface area contributed by atoms with Crippen LogP contribution < -0.4 is 0 Å². The van der Waals surface area contributed by atoms with Crippen LogP contribution >= 0.6 is 11.8 Å². The van der Waals surface area contributed by atoms with E-state index in [4.69, 9.17) is 0 Å². The molecule has 0 saturated carbocycles. The summed E-state index contributed by atoms with van der Waals surface area (Å²) in [7, 11) is 1.82. The predicted octanol–water partition coefficient (Wildman–Crippen LogP) is 2.37. The van der Waals surface area contributed by atoms with Gasteiger partial charge in [-0.1, -0.05) is 0 Å². The molecule has 2 rings (SSSR count). The van der Waals surface area contributed by atoms with Crippen LogP contribution in [0.2, 0.25) is 0 Å². The van der Waals surface area contributed by atoms with Gasteiger partial charge in [-0.05, 0) is 30.5 Å². The van der Waals surface area contributed by atoms with Gasteiger partial charge in [-0.25, -0.2) is 4.98 Å². The second-order valence-corrected chi connectivity index (χ2v) is 4.30. The Morgan fingerprint density at radius 1 is 1.31 bits per heavy atom. The zero-order valence-electron chi connectivity index (χ0n) is 9.18. The van der Waals surface area contributed by atoms with Crippen LogP contribution in [0.3, 0.4) is 0 Å². The molecule has 3 nitrogen and oxygen atoms in total. The largest absolute Gasteiger partial charge is 0.331 e. The summed E-state index contributed by atoms with van der Waals surface area (Å²) in [6.45, 7) is 0. The Balaban J connectivity index is 2.31. The van der Waals surface area contributed by atoms with Crippen LogP contribution in [0.1, 0.15) is 16.2 Å². The van der Waals surface area contributed by atoms with E-state index in [9.17, 15) is 4.79 Å². The van der Waals surface area contributed by atoms with Crippen molar-refractivity contribution < 1.29 is 4.79 Å². The molecular weight excluding hydrogens is 220 g/mol. The van der Waals surface area contributed by atoms with E-state index < -0.39 is 0 Å². The van der Waals surface area contributed by atoms with Gasteiger partial charge in [-0.15, -0.1) is 11.8 Å². The number of rotatable bonds is 3. The second kappa shape index (κ2) is 4.53. The van der Waals surface area contributed by atoms with E-state index in [2.05, 4.69) is 4.98 Å². The number of carbonyl (C=O) groups excluding carboxylic acids is 1. The van der Waals surface area contributed by atoms with Gasteiger partial charge in [0.15, 0.2) is 5.82 Å². The minimum atomic E-state index is -0.0415. The van der Waals surface area contributed by atoms with E-state index in [0.717, 1.165) is 4.90 Å². The van der Waals surface area contributed by atoms with Crippen molar-refractivity contribution in [1.29, 1.82) is 0 Å². The maximum absolute atomic E-state index is 12.0. The molecule has 0 saturated heterocycles. The molecule has 0 radical (unpaired) electrons. The van der Waals surface area contributed by atoms with E-state index in [1.54, 1.807) is 28.7 Å². The maximum Gasteiger partial charge on any atom is 0.228 e. The Kier molecular flexibility index (Phi) is 3.10. The van der Waals surface area contributed by atoms with Crippen LogP contribution in [0.5, 0.6) is 0 Å². The summed E-state index contributed by atoms with van der Waals surface area (Å²) >= 11 is 1.66. The fraction of sp³-hybridized carbons (Fsp3) is 0.167. The molecule has 4 heteroatoms. The van der Waals surface area contributed by atoms with Gasteiger partial charge in [0.1, 0.15) is 0 Å². The third-order valence-corrected chi connectivity index (χ3v) is 3.12. The molecule has 0 aliphatic rings. The molecule has 0 unspecified atom stereocenters. The smallest absolute Gasteiger partial charge is 0.228 e. The topological polar surface area (TPSA) is 34.9 Å². The van der Waals surface area contributed by atoms with Crippen LogP contribution in [0.4, 0.5) is 0 Å². The second-order valence-electron chi connectivity index (χ2n) is 3.42. The molecule has 0 aliphatic carbocycles. The summed E-state index contributed by atoms with van der Waals surface area (Å²) in [4.78, 5) is 17.2. The highest BCUT2D eigenvalue weighted by atomic mass is 32.2. The van der Waals surface area contributed by atoms with Gasteiger partial charge >= 0.3 is 0 Å². The van der Waals surface area contributed by atoms with Crippen molar-refractivity contribution >= 4 is 17.5 Å². The van der Waals surface area contributed by atoms with Crippen molar-refractivity contribution in [2.24, 2.45) is 7.05 Å². The van der Waals surface area contributed by atoms with Gasteiger partial charge < -0.3 is 4.57 Å². The van der Waals surface area contributed by atoms with E-state index >= 15 is 0 Å². The molecule has 0 fully saturated rings. The minimum Gasteiger partial charge on any atom is -0.331 e. The molecule has 2 aromatic rings. The van der Waals surface area contributed by atoms with Gasteiger partial charge in [-0.2, -0.15) is 0 Å². The summed E-state index contributed by atoms with van der Waals surface area (Å²) in [6, 6.07) is 7.56. The van der Waals surface area contributed by atoms with Gasteiger partial charge in [0.25, 0.3) is 0 Å². The number of ketones is 1. The van der Waals surface area contributed by atoms with Crippen LogP contribution in [0.25, 0.3) is 0 Å². The fourth-order valence-corrected chi connectivity index (χ4v) is 1.86. The monoisotopic (exact) mass is 232 g/mol. The van der Waals surface area contributed by atoms with Crippen LogP contribution in [0, 0.1) is 0 Å². The van der Waals surface area contributed by atoms with Crippen molar-refractivity contribution in [3.05, 3.63) is 48.0 Å². The lowest BCUT2D eigenvalue weighted by molar-refractivity contribution is 0.102. The summed E-state index contributed by atoms with van der Waals surface area (Å²) in [5.41, 5.74) is 0.673. The average Bonchev–Trinajstić information content (AvgIpc) is 2.75.